The fourth-order valence-corrected chi connectivity index (χ4v) is 4.28. The Labute approximate surface area is 162 Å². The second kappa shape index (κ2) is 8.31. The summed E-state index contributed by atoms with van der Waals surface area (Å²) in [7, 11) is 0. The topological polar surface area (TPSA) is 45.4 Å². The van der Waals surface area contributed by atoms with Crippen molar-refractivity contribution in [3.05, 3.63) is 69.0 Å². The average molecular weight is 389 g/mol. The van der Waals surface area contributed by atoms with E-state index in [4.69, 9.17) is 16.0 Å². The molecule has 1 fully saturated rings. The molecular formula is C19H21ClN4OS. The summed E-state index contributed by atoms with van der Waals surface area (Å²) in [6.45, 7) is 5.81. The molecule has 2 aromatic heterocycles. The first-order valence-corrected chi connectivity index (χ1v) is 9.98. The molecule has 1 saturated heterocycles. The zero-order chi connectivity index (χ0) is 17.8. The van der Waals surface area contributed by atoms with Crippen LogP contribution in [0.4, 0.5) is 0 Å². The van der Waals surface area contributed by atoms with Gasteiger partial charge in [-0.1, -0.05) is 41.9 Å². The van der Waals surface area contributed by atoms with Crippen molar-refractivity contribution in [2.24, 2.45) is 0 Å². The molecule has 26 heavy (non-hydrogen) atoms. The number of piperazine rings is 1. The Morgan fingerprint density at radius 3 is 2.27 bits per heavy atom. The highest BCUT2D eigenvalue weighted by Gasteiger charge is 2.19. The normalized spacial score (nSPS) is 16.2. The molecule has 0 spiro atoms. The Balaban J connectivity index is 1.25. The molecule has 0 aliphatic carbocycles. The summed E-state index contributed by atoms with van der Waals surface area (Å²) >= 11 is 7.68. The van der Waals surface area contributed by atoms with Crippen LogP contribution in [0.1, 0.15) is 22.2 Å². The molecule has 1 aliphatic heterocycles. The number of aromatic nitrogens is 2. The van der Waals surface area contributed by atoms with Gasteiger partial charge in [-0.25, -0.2) is 0 Å². The summed E-state index contributed by atoms with van der Waals surface area (Å²) in [5.74, 6) is 1.38. The second-order valence-electron chi connectivity index (χ2n) is 6.51. The van der Waals surface area contributed by atoms with Crippen LogP contribution in [-0.2, 0) is 19.5 Å². The smallest absolute Gasteiger partial charge is 0.230 e. The Morgan fingerprint density at radius 1 is 0.885 bits per heavy atom. The second-order valence-corrected chi connectivity index (χ2v) is 8.31. The predicted molar refractivity (Wildman–Crippen MR) is 103 cm³/mol. The van der Waals surface area contributed by atoms with Crippen LogP contribution in [0, 0.1) is 0 Å². The van der Waals surface area contributed by atoms with Crippen LogP contribution in [0.15, 0.2) is 46.9 Å². The van der Waals surface area contributed by atoms with Gasteiger partial charge in [0.1, 0.15) is 0 Å². The van der Waals surface area contributed by atoms with E-state index in [1.54, 1.807) is 11.3 Å². The van der Waals surface area contributed by atoms with E-state index in [1.165, 1.54) is 10.4 Å². The van der Waals surface area contributed by atoms with Crippen molar-refractivity contribution in [3.63, 3.8) is 0 Å². The maximum absolute atomic E-state index is 6.01. The molecule has 5 nitrogen and oxygen atoms in total. The van der Waals surface area contributed by atoms with Crippen molar-refractivity contribution >= 4 is 22.9 Å². The summed E-state index contributed by atoms with van der Waals surface area (Å²) in [4.78, 5) is 6.16. The minimum Gasteiger partial charge on any atom is -0.424 e. The first kappa shape index (κ1) is 17.7. The Kier molecular flexibility index (Phi) is 5.65. The summed E-state index contributed by atoms with van der Waals surface area (Å²) in [5.41, 5.74) is 1.19. The van der Waals surface area contributed by atoms with Crippen molar-refractivity contribution < 1.29 is 4.42 Å². The first-order valence-electron chi connectivity index (χ1n) is 8.79. The van der Waals surface area contributed by atoms with Gasteiger partial charge in [-0.3, -0.25) is 9.80 Å². The summed E-state index contributed by atoms with van der Waals surface area (Å²) < 4.78 is 6.69. The van der Waals surface area contributed by atoms with Gasteiger partial charge in [0.15, 0.2) is 0 Å². The van der Waals surface area contributed by atoms with Gasteiger partial charge >= 0.3 is 0 Å². The molecule has 0 radical (unpaired) electrons. The third kappa shape index (κ3) is 4.71. The van der Waals surface area contributed by atoms with E-state index in [-0.39, 0.29) is 0 Å². The molecule has 0 bridgehead atoms. The first-order chi connectivity index (χ1) is 12.7. The Morgan fingerprint density at radius 2 is 1.58 bits per heavy atom. The molecule has 0 amide bonds. The third-order valence-corrected chi connectivity index (χ3v) is 5.75. The van der Waals surface area contributed by atoms with Crippen LogP contribution in [0.2, 0.25) is 4.34 Å². The van der Waals surface area contributed by atoms with E-state index in [9.17, 15) is 0 Å². The van der Waals surface area contributed by atoms with E-state index >= 15 is 0 Å². The van der Waals surface area contributed by atoms with Crippen molar-refractivity contribution in [1.29, 1.82) is 0 Å². The van der Waals surface area contributed by atoms with Crippen LogP contribution in [-0.4, -0.2) is 46.2 Å². The highest BCUT2D eigenvalue weighted by molar-refractivity contribution is 7.16. The van der Waals surface area contributed by atoms with E-state index in [0.29, 0.717) is 18.2 Å². The van der Waals surface area contributed by atoms with Crippen molar-refractivity contribution in [1.82, 2.24) is 20.0 Å². The van der Waals surface area contributed by atoms with Gasteiger partial charge in [0, 0.05) is 37.6 Å². The summed E-state index contributed by atoms with van der Waals surface area (Å²) in [6.07, 6.45) is 0.686. The van der Waals surface area contributed by atoms with Crippen LogP contribution in [0.3, 0.4) is 0 Å². The number of benzene rings is 1. The van der Waals surface area contributed by atoms with Crippen molar-refractivity contribution in [3.8, 4) is 0 Å². The molecule has 0 atom stereocenters. The van der Waals surface area contributed by atoms with Gasteiger partial charge in [0.05, 0.1) is 17.3 Å². The minimum absolute atomic E-state index is 0.680. The standard InChI is InChI=1S/C19H21ClN4OS/c20-17-7-6-16(26-17)13-23-8-10-24(11-9-23)14-19-22-21-18(25-19)12-15-4-2-1-3-5-15/h1-7H,8-14H2. The molecule has 0 saturated carbocycles. The molecule has 3 heterocycles. The Hall–Kier alpha value is -1.73. The van der Waals surface area contributed by atoms with Crippen molar-refractivity contribution in [2.75, 3.05) is 26.2 Å². The van der Waals surface area contributed by atoms with Crippen molar-refractivity contribution in [2.45, 2.75) is 19.5 Å². The number of hydrogen-bond donors (Lipinski definition) is 0. The third-order valence-electron chi connectivity index (χ3n) is 4.54. The highest BCUT2D eigenvalue weighted by atomic mass is 35.5. The summed E-state index contributed by atoms with van der Waals surface area (Å²) in [6, 6.07) is 14.3. The highest BCUT2D eigenvalue weighted by Crippen LogP contribution is 2.23. The van der Waals surface area contributed by atoms with E-state index in [0.717, 1.165) is 43.6 Å². The van der Waals surface area contributed by atoms with Gasteiger partial charge in [-0.15, -0.1) is 21.5 Å². The number of nitrogens with zero attached hydrogens (tertiary/aromatic N) is 4. The fourth-order valence-electron chi connectivity index (χ4n) is 3.15. The fraction of sp³-hybridized carbons (Fsp3) is 0.368. The largest absolute Gasteiger partial charge is 0.424 e. The van der Waals surface area contributed by atoms with Gasteiger partial charge in [-0.05, 0) is 17.7 Å². The lowest BCUT2D eigenvalue weighted by molar-refractivity contribution is 0.115. The molecule has 4 rings (SSSR count). The van der Waals surface area contributed by atoms with E-state index in [2.05, 4.69) is 38.2 Å². The molecule has 0 unspecified atom stereocenters. The zero-order valence-electron chi connectivity index (χ0n) is 14.5. The lowest BCUT2D eigenvalue weighted by Gasteiger charge is -2.33. The van der Waals surface area contributed by atoms with Crippen LogP contribution in [0.5, 0.6) is 0 Å². The molecule has 1 aromatic carbocycles. The quantitative estimate of drug-likeness (QED) is 0.644. The van der Waals surface area contributed by atoms with Gasteiger partial charge in [-0.2, -0.15) is 0 Å². The molecule has 0 N–H and O–H groups in total. The Bertz CT molecular complexity index is 827. The SMILES string of the molecule is Clc1ccc(CN2CCN(Cc3nnc(Cc4ccccc4)o3)CC2)s1. The number of thiophene rings is 1. The van der Waals surface area contributed by atoms with Crippen LogP contribution >= 0.6 is 22.9 Å². The van der Waals surface area contributed by atoms with Crippen LogP contribution < -0.4 is 0 Å². The minimum atomic E-state index is 0.680. The lowest BCUT2D eigenvalue weighted by Crippen LogP contribution is -2.45. The summed E-state index contributed by atoms with van der Waals surface area (Å²) in [5, 5.41) is 8.40. The molecule has 1 aliphatic rings. The van der Waals surface area contributed by atoms with E-state index < -0.39 is 0 Å². The van der Waals surface area contributed by atoms with Gasteiger partial charge < -0.3 is 4.42 Å². The molecular weight excluding hydrogens is 368 g/mol. The lowest BCUT2D eigenvalue weighted by atomic mass is 10.2. The monoisotopic (exact) mass is 388 g/mol. The maximum Gasteiger partial charge on any atom is 0.230 e. The van der Waals surface area contributed by atoms with E-state index in [1.807, 2.05) is 24.3 Å². The molecule has 3 aromatic rings. The number of rotatable bonds is 6. The molecule has 7 heteroatoms. The molecule has 136 valence electrons. The van der Waals surface area contributed by atoms with Crippen LogP contribution in [0.25, 0.3) is 0 Å². The maximum atomic E-state index is 6.01. The average Bonchev–Trinajstić information content (AvgIpc) is 3.26. The number of halogens is 1. The zero-order valence-corrected chi connectivity index (χ0v) is 16.0. The number of hydrogen-bond acceptors (Lipinski definition) is 6. The van der Waals surface area contributed by atoms with Gasteiger partial charge in [0.25, 0.3) is 0 Å². The van der Waals surface area contributed by atoms with Gasteiger partial charge in [0.2, 0.25) is 11.8 Å². The predicted octanol–water partition coefficient (Wildman–Crippen LogP) is 3.69.